The van der Waals surface area contributed by atoms with Crippen LogP contribution in [0.3, 0.4) is 0 Å². The summed E-state index contributed by atoms with van der Waals surface area (Å²) in [6, 6.07) is 10.1. The Kier molecular flexibility index (Phi) is 6.63. The largest absolute Gasteiger partial charge is 0.347 e. The van der Waals surface area contributed by atoms with Crippen LogP contribution in [0.25, 0.3) is 0 Å². The summed E-state index contributed by atoms with van der Waals surface area (Å²) in [4.78, 5) is 24.2. The van der Waals surface area contributed by atoms with Crippen molar-refractivity contribution in [1.82, 2.24) is 10.6 Å². The van der Waals surface area contributed by atoms with Gasteiger partial charge in [-0.05, 0) is 48.5 Å². The van der Waals surface area contributed by atoms with Gasteiger partial charge in [0.15, 0.2) is 0 Å². The fourth-order valence-electron chi connectivity index (χ4n) is 3.58. The van der Waals surface area contributed by atoms with Crippen molar-refractivity contribution < 1.29 is 9.59 Å². The van der Waals surface area contributed by atoms with Crippen molar-refractivity contribution in [3.63, 3.8) is 0 Å². The smallest absolute Gasteiger partial charge is 0.309 e. The van der Waals surface area contributed by atoms with Crippen LogP contribution in [0, 0.1) is 11.3 Å². The molecule has 0 spiro atoms. The Balaban J connectivity index is 1.73. The number of carbonyl (C=O) groups is 2. The van der Waals surface area contributed by atoms with Crippen molar-refractivity contribution in [1.29, 1.82) is 0 Å². The van der Waals surface area contributed by atoms with Gasteiger partial charge in [-0.15, -0.1) is 0 Å². The fraction of sp³-hybridized carbons (Fsp3) is 0.619. The van der Waals surface area contributed by atoms with E-state index in [0.717, 1.165) is 31.2 Å². The molecule has 0 saturated heterocycles. The number of nitrogens with one attached hydrogen (secondary N) is 2. The Hall–Kier alpha value is -1.84. The van der Waals surface area contributed by atoms with Gasteiger partial charge in [0, 0.05) is 12.6 Å². The first-order chi connectivity index (χ1) is 11.8. The maximum Gasteiger partial charge on any atom is 0.309 e. The number of carbonyl (C=O) groups excluding carboxylic acids is 2. The minimum absolute atomic E-state index is 0.128. The van der Waals surface area contributed by atoms with Gasteiger partial charge in [0.2, 0.25) is 0 Å². The van der Waals surface area contributed by atoms with E-state index >= 15 is 0 Å². The SMILES string of the molecule is C[C@H](CNC(=O)C(=O)NC1CCC(C(C)(C)C)CC1)c1ccccc1. The predicted molar refractivity (Wildman–Crippen MR) is 101 cm³/mol. The van der Waals surface area contributed by atoms with Crippen molar-refractivity contribution in [2.75, 3.05) is 6.54 Å². The molecule has 1 aliphatic carbocycles. The van der Waals surface area contributed by atoms with Gasteiger partial charge in [-0.25, -0.2) is 0 Å². The Morgan fingerprint density at radius 3 is 2.20 bits per heavy atom. The number of hydrogen-bond donors (Lipinski definition) is 2. The minimum Gasteiger partial charge on any atom is -0.347 e. The molecule has 1 atom stereocenters. The first kappa shape index (κ1) is 19.5. The summed E-state index contributed by atoms with van der Waals surface area (Å²) in [7, 11) is 0. The lowest BCUT2D eigenvalue weighted by Crippen LogP contribution is -2.46. The van der Waals surface area contributed by atoms with Crippen LogP contribution < -0.4 is 10.6 Å². The first-order valence-corrected chi connectivity index (χ1v) is 9.41. The molecule has 0 bridgehead atoms. The molecule has 1 saturated carbocycles. The third-order valence-corrected chi connectivity index (χ3v) is 5.43. The van der Waals surface area contributed by atoms with Crippen molar-refractivity contribution in [3.8, 4) is 0 Å². The summed E-state index contributed by atoms with van der Waals surface area (Å²) < 4.78 is 0. The molecule has 0 unspecified atom stereocenters. The van der Waals surface area contributed by atoms with Crippen LogP contribution in [0.15, 0.2) is 30.3 Å². The molecular weight excluding hydrogens is 312 g/mol. The quantitative estimate of drug-likeness (QED) is 0.820. The van der Waals surface area contributed by atoms with Gasteiger partial charge >= 0.3 is 11.8 Å². The molecule has 1 aliphatic rings. The summed E-state index contributed by atoms with van der Waals surface area (Å²) in [6.07, 6.45) is 4.14. The molecule has 2 N–H and O–H groups in total. The van der Waals surface area contributed by atoms with Crippen LogP contribution in [-0.4, -0.2) is 24.4 Å². The number of benzene rings is 1. The number of amides is 2. The summed E-state index contributed by atoms with van der Waals surface area (Å²) in [5.41, 5.74) is 1.48. The zero-order valence-electron chi connectivity index (χ0n) is 16.0. The third-order valence-electron chi connectivity index (χ3n) is 5.43. The van der Waals surface area contributed by atoms with Crippen LogP contribution >= 0.6 is 0 Å². The predicted octanol–water partition coefficient (Wildman–Crippen LogP) is 3.63. The lowest BCUT2D eigenvalue weighted by molar-refractivity contribution is -0.139. The second-order valence-corrected chi connectivity index (χ2v) is 8.41. The summed E-state index contributed by atoms with van der Waals surface area (Å²) >= 11 is 0. The third kappa shape index (κ3) is 5.87. The molecule has 2 rings (SSSR count). The average molecular weight is 344 g/mol. The highest BCUT2D eigenvalue weighted by Crippen LogP contribution is 2.37. The number of rotatable bonds is 4. The zero-order chi connectivity index (χ0) is 18.4. The maximum atomic E-state index is 12.1. The van der Waals surface area contributed by atoms with Gasteiger partial charge < -0.3 is 10.6 Å². The summed E-state index contributed by atoms with van der Waals surface area (Å²) in [6.45, 7) is 9.34. The van der Waals surface area contributed by atoms with Crippen LogP contribution in [-0.2, 0) is 9.59 Å². The van der Waals surface area contributed by atoms with Crippen molar-refractivity contribution in [2.24, 2.45) is 11.3 Å². The van der Waals surface area contributed by atoms with Crippen LogP contribution in [0.5, 0.6) is 0 Å². The molecule has 138 valence electrons. The van der Waals surface area contributed by atoms with E-state index in [1.54, 1.807) is 0 Å². The molecule has 1 aromatic carbocycles. The lowest BCUT2D eigenvalue weighted by Gasteiger charge is -2.37. The number of hydrogen-bond acceptors (Lipinski definition) is 2. The molecule has 0 aromatic heterocycles. The van der Waals surface area contributed by atoms with Crippen molar-refractivity contribution in [2.45, 2.75) is 65.3 Å². The molecule has 2 amide bonds. The van der Waals surface area contributed by atoms with E-state index in [1.165, 1.54) is 0 Å². The molecule has 1 aromatic rings. The van der Waals surface area contributed by atoms with Gasteiger partial charge in [-0.2, -0.15) is 0 Å². The van der Waals surface area contributed by atoms with Crippen LogP contribution in [0.1, 0.15) is 64.9 Å². The second kappa shape index (κ2) is 8.50. The second-order valence-electron chi connectivity index (χ2n) is 8.41. The minimum atomic E-state index is -0.527. The Labute approximate surface area is 151 Å². The van der Waals surface area contributed by atoms with Crippen molar-refractivity contribution in [3.05, 3.63) is 35.9 Å². The van der Waals surface area contributed by atoms with E-state index in [9.17, 15) is 9.59 Å². The maximum absolute atomic E-state index is 12.1. The molecule has 1 fully saturated rings. The molecule has 4 heteroatoms. The standard InChI is InChI=1S/C21H32N2O2/c1-15(16-8-6-5-7-9-16)14-22-19(24)20(25)23-18-12-10-17(11-13-18)21(2,3)4/h5-9,15,17-18H,10-14H2,1-4H3,(H,22,24)(H,23,25)/t15-,17?,18?/m1/s1. The van der Waals surface area contributed by atoms with Gasteiger partial charge in [0.25, 0.3) is 0 Å². The fourth-order valence-corrected chi connectivity index (χ4v) is 3.58. The molecule has 0 heterocycles. The van der Waals surface area contributed by atoms with Gasteiger partial charge in [-0.3, -0.25) is 9.59 Å². The van der Waals surface area contributed by atoms with E-state index in [0.29, 0.717) is 17.9 Å². The van der Waals surface area contributed by atoms with Gasteiger partial charge in [-0.1, -0.05) is 58.0 Å². The van der Waals surface area contributed by atoms with Crippen LogP contribution in [0.4, 0.5) is 0 Å². The monoisotopic (exact) mass is 344 g/mol. The molecule has 0 aliphatic heterocycles. The Morgan fingerprint density at radius 1 is 1.04 bits per heavy atom. The van der Waals surface area contributed by atoms with E-state index in [1.807, 2.05) is 37.3 Å². The van der Waals surface area contributed by atoms with Gasteiger partial charge in [0.05, 0.1) is 0 Å². The van der Waals surface area contributed by atoms with Crippen molar-refractivity contribution >= 4 is 11.8 Å². The van der Waals surface area contributed by atoms with E-state index in [-0.39, 0.29) is 12.0 Å². The Bertz CT molecular complexity index is 569. The zero-order valence-corrected chi connectivity index (χ0v) is 16.0. The first-order valence-electron chi connectivity index (χ1n) is 9.41. The highest BCUT2D eigenvalue weighted by atomic mass is 16.2. The molecule has 25 heavy (non-hydrogen) atoms. The highest BCUT2D eigenvalue weighted by Gasteiger charge is 2.30. The topological polar surface area (TPSA) is 58.2 Å². The average Bonchev–Trinajstić information content (AvgIpc) is 2.59. The van der Waals surface area contributed by atoms with Crippen LogP contribution in [0.2, 0.25) is 0 Å². The molecular formula is C21H32N2O2. The van der Waals surface area contributed by atoms with Gasteiger partial charge in [0.1, 0.15) is 0 Å². The summed E-state index contributed by atoms with van der Waals surface area (Å²) in [5, 5.41) is 5.66. The molecule has 0 radical (unpaired) electrons. The highest BCUT2D eigenvalue weighted by molar-refractivity contribution is 6.35. The van der Waals surface area contributed by atoms with E-state index in [2.05, 4.69) is 31.4 Å². The Morgan fingerprint density at radius 2 is 1.64 bits per heavy atom. The summed E-state index contributed by atoms with van der Waals surface area (Å²) in [5.74, 6) is -0.151. The normalized spacial score (nSPS) is 22.1. The van der Waals surface area contributed by atoms with E-state index < -0.39 is 11.8 Å². The lowest BCUT2D eigenvalue weighted by atomic mass is 9.71. The molecule has 4 nitrogen and oxygen atoms in total. The van der Waals surface area contributed by atoms with E-state index in [4.69, 9.17) is 0 Å².